The number of azo groups is 1. The molecule has 4 rings (SSSR count). The van der Waals surface area contributed by atoms with E-state index in [9.17, 15) is 4.79 Å². The lowest BCUT2D eigenvalue weighted by Gasteiger charge is -2.08. The number of aromatic nitrogens is 1. The zero-order valence-electron chi connectivity index (χ0n) is 14.3. The number of carbonyl (C=O) groups excluding carboxylic acids is 1. The number of hydrogen-bond donors (Lipinski definition) is 0. The Morgan fingerprint density at radius 3 is 2.63 bits per heavy atom. The van der Waals surface area contributed by atoms with Gasteiger partial charge in [-0.2, -0.15) is 20.3 Å². The molecule has 1 atom stereocenters. The molecular weight excluding hydrogens is 382 g/mol. The van der Waals surface area contributed by atoms with Crippen molar-refractivity contribution in [3.05, 3.63) is 65.0 Å². The monoisotopic (exact) mass is 395 g/mol. The van der Waals surface area contributed by atoms with Crippen molar-refractivity contribution in [2.75, 3.05) is 5.01 Å². The van der Waals surface area contributed by atoms with E-state index in [1.807, 2.05) is 47.8 Å². The van der Waals surface area contributed by atoms with E-state index in [4.69, 9.17) is 11.6 Å². The molecule has 1 unspecified atom stereocenters. The highest BCUT2D eigenvalue weighted by molar-refractivity contribution is 7.14. The Balaban J connectivity index is 1.56. The Hall–Kier alpha value is -2.90. The van der Waals surface area contributed by atoms with Crippen molar-refractivity contribution in [1.29, 1.82) is 0 Å². The minimum absolute atomic E-state index is 0.280. The molecule has 134 valence electrons. The molecule has 0 N–H and O–H groups in total. The van der Waals surface area contributed by atoms with E-state index in [-0.39, 0.29) is 5.91 Å². The van der Waals surface area contributed by atoms with Crippen molar-refractivity contribution in [2.24, 2.45) is 15.3 Å². The highest BCUT2D eigenvalue weighted by Crippen LogP contribution is 2.31. The van der Waals surface area contributed by atoms with Crippen molar-refractivity contribution in [2.45, 2.75) is 13.0 Å². The van der Waals surface area contributed by atoms with Gasteiger partial charge in [-0.25, -0.2) is 4.98 Å². The molecule has 1 aromatic heterocycles. The maximum absolute atomic E-state index is 12.8. The molecule has 0 bridgehead atoms. The second-order valence-corrected chi connectivity index (χ2v) is 7.09. The Labute approximate surface area is 164 Å². The van der Waals surface area contributed by atoms with E-state index in [0.29, 0.717) is 21.6 Å². The van der Waals surface area contributed by atoms with E-state index in [2.05, 4.69) is 20.3 Å². The van der Waals surface area contributed by atoms with E-state index >= 15 is 0 Å². The van der Waals surface area contributed by atoms with Crippen LogP contribution in [0.4, 0.5) is 10.8 Å². The summed E-state index contributed by atoms with van der Waals surface area (Å²) in [5.74, 6) is -0.280. The number of hydrazone groups is 1. The van der Waals surface area contributed by atoms with Crippen LogP contribution in [0.25, 0.3) is 11.3 Å². The summed E-state index contributed by atoms with van der Waals surface area (Å²) < 4.78 is 0. The van der Waals surface area contributed by atoms with E-state index in [0.717, 1.165) is 11.3 Å². The van der Waals surface area contributed by atoms with Crippen LogP contribution in [0.2, 0.25) is 5.02 Å². The maximum Gasteiger partial charge on any atom is 0.282 e. The largest absolute Gasteiger partial charge is 0.282 e. The summed E-state index contributed by atoms with van der Waals surface area (Å²) in [7, 11) is 0. The molecule has 6 nitrogen and oxygen atoms in total. The van der Waals surface area contributed by atoms with Gasteiger partial charge in [0.15, 0.2) is 6.04 Å². The van der Waals surface area contributed by atoms with Gasteiger partial charge in [-0.1, -0.05) is 54.1 Å². The van der Waals surface area contributed by atoms with Crippen LogP contribution in [0.15, 0.2) is 75.3 Å². The van der Waals surface area contributed by atoms with Crippen LogP contribution in [-0.2, 0) is 4.79 Å². The molecule has 1 aliphatic heterocycles. The van der Waals surface area contributed by atoms with Gasteiger partial charge in [0.1, 0.15) is 5.69 Å². The number of benzene rings is 2. The van der Waals surface area contributed by atoms with Gasteiger partial charge in [-0.3, -0.25) is 4.79 Å². The lowest BCUT2D eigenvalue weighted by molar-refractivity contribution is -0.117. The highest BCUT2D eigenvalue weighted by Gasteiger charge is 2.36. The SMILES string of the molecule is CC1=NN(c2nc(-c3ccccc3)cs2)C(=O)C1N=Nc1ccccc1Cl. The second kappa shape index (κ2) is 7.38. The third-order valence-corrected chi connectivity index (χ3v) is 5.11. The number of carbonyl (C=O) groups is 1. The van der Waals surface area contributed by atoms with Crippen LogP contribution < -0.4 is 5.01 Å². The zero-order chi connectivity index (χ0) is 18.8. The van der Waals surface area contributed by atoms with Gasteiger partial charge in [0.2, 0.25) is 5.13 Å². The Morgan fingerprint density at radius 1 is 1.11 bits per heavy atom. The second-order valence-electron chi connectivity index (χ2n) is 5.84. The summed E-state index contributed by atoms with van der Waals surface area (Å²) in [6.07, 6.45) is 0. The third kappa shape index (κ3) is 3.51. The summed E-state index contributed by atoms with van der Waals surface area (Å²) in [5.41, 5.74) is 2.87. The molecule has 2 heterocycles. The lowest BCUT2D eigenvalue weighted by Crippen LogP contribution is -2.29. The topological polar surface area (TPSA) is 70.3 Å². The van der Waals surface area contributed by atoms with Crippen LogP contribution in [0.5, 0.6) is 0 Å². The van der Waals surface area contributed by atoms with E-state index < -0.39 is 6.04 Å². The predicted molar refractivity (Wildman–Crippen MR) is 108 cm³/mol. The highest BCUT2D eigenvalue weighted by atomic mass is 35.5. The van der Waals surface area contributed by atoms with Crippen molar-refractivity contribution >= 4 is 45.4 Å². The van der Waals surface area contributed by atoms with Gasteiger partial charge >= 0.3 is 0 Å². The van der Waals surface area contributed by atoms with Crippen LogP contribution in [-0.4, -0.2) is 22.6 Å². The molecule has 0 spiro atoms. The molecule has 0 aliphatic carbocycles. The summed E-state index contributed by atoms with van der Waals surface area (Å²) in [5, 5.41) is 16.8. The summed E-state index contributed by atoms with van der Waals surface area (Å²) in [6, 6.07) is 16.1. The van der Waals surface area contributed by atoms with Gasteiger partial charge in [0, 0.05) is 10.9 Å². The number of nitrogens with zero attached hydrogens (tertiary/aromatic N) is 5. The quantitative estimate of drug-likeness (QED) is 0.559. The number of amides is 1. The summed E-state index contributed by atoms with van der Waals surface area (Å²) in [6.45, 7) is 1.75. The van der Waals surface area contributed by atoms with Crippen molar-refractivity contribution < 1.29 is 4.79 Å². The first-order valence-electron chi connectivity index (χ1n) is 8.19. The molecule has 0 radical (unpaired) electrons. The van der Waals surface area contributed by atoms with Crippen molar-refractivity contribution in [3.8, 4) is 11.3 Å². The van der Waals surface area contributed by atoms with Gasteiger partial charge in [0.25, 0.3) is 5.91 Å². The fraction of sp³-hybridized carbons (Fsp3) is 0.105. The number of rotatable bonds is 4. The Kier molecular flexibility index (Phi) is 4.79. The Morgan fingerprint density at radius 2 is 1.85 bits per heavy atom. The van der Waals surface area contributed by atoms with Gasteiger partial charge < -0.3 is 0 Å². The molecular formula is C19H14ClN5OS. The molecule has 0 saturated heterocycles. The Bertz CT molecular complexity index is 1050. The van der Waals surface area contributed by atoms with Gasteiger partial charge in [-0.05, 0) is 19.1 Å². The van der Waals surface area contributed by atoms with Crippen molar-refractivity contribution in [1.82, 2.24) is 4.98 Å². The number of thiazole rings is 1. The first-order chi connectivity index (χ1) is 13.1. The standard InChI is InChI=1S/C19H14ClN5OS/c1-12-17(23-22-15-10-6-5-9-14(15)20)18(26)25(24-12)19-21-16(11-27-19)13-7-3-2-4-8-13/h2-11,17H,1H3. The smallest absolute Gasteiger partial charge is 0.269 e. The number of anilines is 1. The van der Waals surface area contributed by atoms with E-state index in [1.165, 1.54) is 16.3 Å². The number of hydrogen-bond acceptors (Lipinski definition) is 6. The molecule has 0 saturated carbocycles. The first kappa shape index (κ1) is 17.5. The summed E-state index contributed by atoms with van der Waals surface area (Å²) >= 11 is 7.44. The fourth-order valence-electron chi connectivity index (χ4n) is 2.58. The third-order valence-electron chi connectivity index (χ3n) is 3.97. The predicted octanol–water partition coefficient (Wildman–Crippen LogP) is 5.34. The van der Waals surface area contributed by atoms with Gasteiger partial charge in [0.05, 0.1) is 16.4 Å². The molecule has 3 aromatic rings. The minimum atomic E-state index is -0.773. The fourth-order valence-corrected chi connectivity index (χ4v) is 3.54. The lowest BCUT2D eigenvalue weighted by atomic mass is 10.2. The normalized spacial score (nSPS) is 17.0. The minimum Gasteiger partial charge on any atom is -0.269 e. The molecule has 1 amide bonds. The molecule has 1 aliphatic rings. The average molecular weight is 396 g/mol. The van der Waals surface area contributed by atoms with Crippen LogP contribution in [0.3, 0.4) is 0 Å². The molecule has 27 heavy (non-hydrogen) atoms. The van der Waals surface area contributed by atoms with Crippen LogP contribution in [0.1, 0.15) is 6.92 Å². The van der Waals surface area contributed by atoms with Crippen LogP contribution >= 0.6 is 22.9 Å². The van der Waals surface area contributed by atoms with Gasteiger partial charge in [-0.15, -0.1) is 11.3 Å². The maximum atomic E-state index is 12.8. The first-order valence-corrected chi connectivity index (χ1v) is 9.44. The average Bonchev–Trinajstić information content (AvgIpc) is 3.27. The zero-order valence-corrected chi connectivity index (χ0v) is 15.9. The van der Waals surface area contributed by atoms with E-state index in [1.54, 1.807) is 19.1 Å². The van der Waals surface area contributed by atoms with Crippen LogP contribution in [0, 0.1) is 0 Å². The molecule has 8 heteroatoms. The molecule has 0 fully saturated rings. The molecule has 2 aromatic carbocycles. The number of halogens is 1. The van der Waals surface area contributed by atoms with Crippen molar-refractivity contribution in [3.63, 3.8) is 0 Å². The summed E-state index contributed by atoms with van der Waals surface area (Å²) in [4.78, 5) is 17.3.